The molecule has 0 amide bonds. The topological polar surface area (TPSA) is 8.81 Å². The number of hydrogen-bond acceptors (Lipinski definition) is 0. The lowest BCUT2D eigenvalue weighted by Gasteiger charge is -2.03. The Morgan fingerprint density at radius 3 is 2.50 bits per heavy atom. The second-order valence-electron chi connectivity index (χ2n) is 5.08. The van der Waals surface area contributed by atoms with Crippen LogP contribution in [0.4, 0.5) is 0 Å². The lowest BCUT2D eigenvalue weighted by Crippen LogP contribution is -2.25. The Morgan fingerprint density at radius 1 is 0.800 bits per heavy atom. The summed E-state index contributed by atoms with van der Waals surface area (Å²) in [6.45, 7) is 0. The van der Waals surface area contributed by atoms with Crippen molar-refractivity contribution in [3.8, 4) is 5.69 Å². The number of para-hydroxylation sites is 2. The first kappa shape index (κ1) is 11.2. The highest BCUT2D eigenvalue weighted by atomic mass is 15.1. The van der Waals surface area contributed by atoms with Gasteiger partial charge in [-0.15, -0.1) is 0 Å². The van der Waals surface area contributed by atoms with E-state index in [1.807, 2.05) is 0 Å². The van der Waals surface area contributed by atoms with Gasteiger partial charge < -0.3 is 0 Å². The molecule has 0 N–H and O–H groups in total. The highest BCUT2D eigenvalue weighted by Crippen LogP contribution is 2.24. The van der Waals surface area contributed by atoms with Crippen LogP contribution in [-0.4, -0.2) is 4.57 Å². The molecule has 0 fully saturated rings. The summed E-state index contributed by atoms with van der Waals surface area (Å²) in [6.07, 6.45) is 2.15. The molecule has 2 heteroatoms. The molecule has 0 bridgehead atoms. The van der Waals surface area contributed by atoms with E-state index in [-0.39, 0.29) is 0 Å². The van der Waals surface area contributed by atoms with Crippen LogP contribution in [0.1, 0.15) is 0 Å². The standard InChI is InChI=1S/C18H15N2/c1-19-13-20(18-11-5-4-10-17(18)19)16-12-6-8-14-7-2-3-9-15(14)16/h2-13H,1H3/q+1. The van der Waals surface area contributed by atoms with Gasteiger partial charge in [-0.1, -0.05) is 48.5 Å². The molecule has 1 aromatic heterocycles. The minimum absolute atomic E-state index is 1.22. The van der Waals surface area contributed by atoms with Crippen molar-refractivity contribution >= 4 is 21.8 Å². The maximum atomic E-state index is 2.26. The average Bonchev–Trinajstić information content (AvgIpc) is 2.84. The Bertz CT molecular complexity index is 914. The van der Waals surface area contributed by atoms with Gasteiger partial charge in [0.05, 0.1) is 7.05 Å². The lowest BCUT2D eigenvalue weighted by atomic mass is 10.1. The van der Waals surface area contributed by atoms with Crippen LogP contribution in [0.2, 0.25) is 0 Å². The van der Waals surface area contributed by atoms with E-state index >= 15 is 0 Å². The molecule has 3 aromatic carbocycles. The summed E-state index contributed by atoms with van der Waals surface area (Å²) >= 11 is 0. The Hall–Kier alpha value is -2.61. The second-order valence-corrected chi connectivity index (χ2v) is 5.08. The van der Waals surface area contributed by atoms with Crippen molar-refractivity contribution in [1.29, 1.82) is 0 Å². The third-order valence-corrected chi connectivity index (χ3v) is 3.84. The molecular formula is C18H15N2+. The summed E-state index contributed by atoms with van der Waals surface area (Å²) in [7, 11) is 2.09. The Morgan fingerprint density at radius 2 is 1.55 bits per heavy atom. The van der Waals surface area contributed by atoms with E-state index in [9.17, 15) is 0 Å². The first-order chi connectivity index (χ1) is 9.84. The first-order valence-electron chi connectivity index (χ1n) is 6.78. The van der Waals surface area contributed by atoms with Gasteiger partial charge in [-0.25, -0.2) is 4.57 Å². The van der Waals surface area contributed by atoms with E-state index in [0.717, 1.165) is 0 Å². The molecule has 0 saturated heterocycles. The minimum Gasteiger partial charge on any atom is -0.232 e. The second kappa shape index (κ2) is 4.20. The van der Waals surface area contributed by atoms with Crippen LogP contribution >= 0.6 is 0 Å². The number of aryl methyl sites for hydroxylation is 1. The zero-order valence-corrected chi connectivity index (χ0v) is 11.3. The fourth-order valence-electron chi connectivity index (χ4n) is 2.87. The van der Waals surface area contributed by atoms with E-state index in [1.165, 1.54) is 27.5 Å². The number of fused-ring (bicyclic) bond motifs is 2. The van der Waals surface area contributed by atoms with Gasteiger partial charge in [-0.05, 0) is 23.6 Å². The van der Waals surface area contributed by atoms with Gasteiger partial charge in [0.15, 0.2) is 11.0 Å². The molecule has 0 aliphatic heterocycles. The monoisotopic (exact) mass is 259 g/mol. The predicted octanol–water partition coefficient (Wildman–Crippen LogP) is 3.61. The summed E-state index contributed by atoms with van der Waals surface area (Å²) in [5.41, 5.74) is 3.69. The van der Waals surface area contributed by atoms with Crippen LogP contribution in [0.25, 0.3) is 27.5 Å². The van der Waals surface area contributed by atoms with E-state index in [4.69, 9.17) is 0 Å². The van der Waals surface area contributed by atoms with E-state index in [1.54, 1.807) is 0 Å². The third-order valence-electron chi connectivity index (χ3n) is 3.84. The minimum atomic E-state index is 1.22. The van der Waals surface area contributed by atoms with E-state index in [2.05, 4.69) is 89.2 Å². The molecule has 0 atom stereocenters. The lowest BCUT2D eigenvalue weighted by molar-refractivity contribution is -0.645. The van der Waals surface area contributed by atoms with Crippen LogP contribution in [0, 0.1) is 0 Å². The van der Waals surface area contributed by atoms with Crippen molar-refractivity contribution in [3.05, 3.63) is 73.1 Å². The molecule has 96 valence electrons. The van der Waals surface area contributed by atoms with Gasteiger partial charge in [0, 0.05) is 5.39 Å². The zero-order valence-electron chi connectivity index (χ0n) is 11.3. The van der Waals surface area contributed by atoms with Crippen molar-refractivity contribution in [1.82, 2.24) is 4.57 Å². The average molecular weight is 259 g/mol. The van der Waals surface area contributed by atoms with Crippen LogP contribution < -0.4 is 4.57 Å². The highest BCUT2D eigenvalue weighted by molar-refractivity contribution is 5.91. The zero-order chi connectivity index (χ0) is 13.5. The van der Waals surface area contributed by atoms with Gasteiger partial charge >= 0.3 is 0 Å². The fraction of sp³-hybridized carbons (Fsp3) is 0.0556. The molecule has 2 nitrogen and oxygen atoms in total. The van der Waals surface area contributed by atoms with Crippen molar-refractivity contribution in [2.45, 2.75) is 0 Å². The Balaban J connectivity index is 2.12. The third kappa shape index (κ3) is 1.55. The summed E-state index contributed by atoms with van der Waals surface area (Å²) in [4.78, 5) is 0. The number of rotatable bonds is 1. The quantitative estimate of drug-likeness (QED) is 0.462. The molecular weight excluding hydrogens is 244 g/mol. The van der Waals surface area contributed by atoms with E-state index in [0.29, 0.717) is 0 Å². The van der Waals surface area contributed by atoms with Crippen molar-refractivity contribution < 1.29 is 4.57 Å². The molecule has 0 aliphatic carbocycles. The fourth-order valence-corrected chi connectivity index (χ4v) is 2.87. The summed E-state index contributed by atoms with van der Waals surface area (Å²) < 4.78 is 4.43. The number of benzene rings is 3. The smallest absolute Gasteiger partial charge is 0.232 e. The summed E-state index contributed by atoms with van der Waals surface area (Å²) in [6, 6.07) is 23.4. The van der Waals surface area contributed by atoms with Gasteiger partial charge in [0.2, 0.25) is 6.33 Å². The van der Waals surface area contributed by atoms with Crippen molar-refractivity contribution in [3.63, 3.8) is 0 Å². The Labute approximate surface area is 117 Å². The van der Waals surface area contributed by atoms with Gasteiger partial charge in [-0.3, -0.25) is 0 Å². The molecule has 0 saturated carbocycles. The normalized spacial score (nSPS) is 11.2. The molecule has 0 spiro atoms. The molecule has 0 radical (unpaired) electrons. The number of aromatic nitrogens is 2. The van der Waals surface area contributed by atoms with Crippen molar-refractivity contribution in [2.75, 3.05) is 0 Å². The van der Waals surface area contributed by atoms with Gasteiger partial charge in [-0.2, -0.15) is 4.57 Å². The molecule has 0 unspecified atom stereocenters. The maximum Gasteiger partial charge on any atom is 0.249 e. The number of nitrogens with zero attached hydrogens (tertiary/aromatic N) is 2. The molecule has 20 heavy (non-hydrogen) atoms. The van der Waals surface area contributed by atoms with E-state index < -0.39 is 0 Å². The van der Waals surface area contributed by atoms with Crippen LogP contribution in [0.15, 0.2) is 73.1 Å². The van der Waals surface area contributed by atoms with Crippen LogP contribution in [-0.2, 0) is 7.05 Å². The first-order valence-corrected chi connectivity index (χ1v) is 6.78. The summed E-state index contributed by atoms with van der Waals surface area (Å²) in [5.74, 6) is 0. The van der Waals surface area contributed by atoms with Gasteiger partial charge in [0.1, 0.15) is 5.69 Å². The number of hydrogen-bond donors (Lipinski definition) is 0. The van der Waals surface area contributed by atoms with Crippen LogP contribution in [0.5, 0.6) is 0 Å². The highest BCUT2D eigenvalue weighted by Gasteiger charge is 2.15. The van der Waals surface area contributed by atoms with Crippen LogP contribution in [0.3, 0.4) is 0 Å². The molecule has 4 aromatic rings. The SMILES string of the molecule is C[n+]1cn(-c2cccc3ccccc23)c2ccccc21. The predicted molar refractivity (Wildman–Crippen MR) is 82.0 cm³/mol. The largest absolute Gasteiger partial charge is 0.249 e. The van der Waals surface area contributed by atoms with Crippen molar-refractivity contribution in [2.24, 2.45) is 7.05 Å². The Kier molecular flexibility index (Phi) is 2.36. The number of imidazole rings is 1. The molecule has 0 aliphatic rings. The van der Waals surface area contributed by atoms with Gasteiger partial charge in [0.25, 0.3) is 0 Å². The molecule has 4 rings (SSSR count). The maximum absolute atomic E-state index is 2.26. The summed E-state index contributed by atoms with van der Waals surface area (Å²) in [5, 5.41) is 2.54. The molecule has 1 heterocycles.